The number of anilines is 1. The number of rotatable bonds is 6. The summed E-state index contributed by atoms with van der Waals surface area (Å²) in [6, 6.07) is 12.1. The zero-order chi connectivity index (χ0) is 30.1. The Morgan fingerprint density at radius 3 is 2.55 bits per heavy atom. The molecule has 3 aromatic carbocycles. The quantitative estimate of drug-likeness (QED) is 0.243. The topological polar surface area (TPSA) is 166 Å². The van der Waals surface area contributed by atoms with E-state index >= 15 is 4.39 Å². The number of hydrogen-bond acceptors (Lipinski definition) is 7. The van der Waals surface area contributed by atoms with Crippen LogP contribution in [0.25, 0.3) is 38.4 Å². The Labute approximate surface area is 241 Å². The number of sulfone groups is 1. The number of aryl methyl sites for hydroxylation is 1. The fourth-order valence-electron chi connectivity index (χ4n) is 5.20. The highest BCUT2D eigenvalue weighted by molar-refractivity contribution is 7.91. The number of nitrogens with one attached hydrogen (secondary N) is 2. The number of aromatic amines is 2. The fraction of sp³-hybridized carbons (Fsp3) is 0.143. The minimum atomic E-state index is -3.87. The number of hydrogen-bond donors (Lipinski definition) is 3. The normalized spacial score (nSPS) is 12.1. The number of carbonyl (C=O) groups is 1. The van der Waals surface area contributed by atoms with Gasteiger partial charge < -0.3 is 15.3 Å². The molecule has 0 aliphatic heterocycles. The molecule has 0 fully saturated rings. The third kappa shape index (κ3) is 4.46. The lowest BCUT2D eigenvalue weighted by Gasteiger charge is -2.14. The van der Waals surface area contributed by atoms with E-state index in [1.165, 1.54) is 29.7 Å². The number of nitrogen functional groups attached to an aromatic ring is 1. The van der Waals surface area contributed by atoms with Gasteiger partial charge in [-0.05, 0) is 54.4 Å². The van der Waals surface area contributed by atoms with Crippen molar-refractivity contribution >= 4 is 65.7 Å². The second-order valence-electron chi connectivity index (χ2n) is 10.1. The first kappa shape index (κ1) is 27.4. The van der Waals surface area contributed by atoms with Crippen LogP contribution < -0.4 is 17.0 Å². The van der Waals surface area contributed by atoms with Crippen LogP contribution >= 0.6 is 11.6 Å². The summed E-state index contributed by atoms with van der Waals surface area (Å²) < 4.78 is 41.8. The van der Waals surface area contributed by atoms with Crippen LogP contribution in [0.2, 0.25) is 5.02 Å². The Bertz CT molecular complexity index is 2350. The number of fused-ring (bicyclic) bond motifs is 3. The van der Waals surface area contributed by atoms with Crippen LogP contribution in [0.5, 0.6) is 0 Å². The molecule has 214 valence electrons. The number of benzene rings is 3. The van der Waals surface area contributed by atoms with E-state index in [9.17, 15) is 22.8 Å². The van der Waals surface area contributed by atoms with Gasteiger partial charge in [-0.3, -0.25) is 14.7 Å². The largest absolute Gasteiger partial charge is 0.382 e. The van der Waals surface area contributed by atoms with Crippen molar-refractivity contribution in [1.82, 2.24) is 24.3 Å². The van der Waals surface area contributed by atoms with E-state index in [4.69, 9.17) is 17.3 Å². The molecule has 14 heteroatoms. The van der Waals surface area contributed by atoms with E-state index in [1.807, 2.05) is 0 Å². The average Bonchev–Trinajstić information content (AvgIpc) is 3.40. The van der Waals surface area contributed by atoms with Crippen LogP contribution in [0.15, 0.2) is 58.1 Å². The van der Waals surface area contributed by atoms with E-state index in [1.54, 1.807) is 30.3 Å². The summed E-state index contributed by atoms with van der Waals surface area (Å²) in [5.41, 5.74) is 5.53. The van der Waals surface area contributed by atoms with E-state index in [-0.39, 0.29) is 56.1 Å². The highest BCUT2D eigenvalue weighted by atomic mass is 35.5. The van der Waals surface area contributed by atoms with Crippen molar-refractivity contribution in [2.24, 2.45) is 0 Å². The molecule has 0 atom stereocenters. The summed E-state index contributed by atoms with van der Waals surface area (Å²) in [5, 5.41) is 7.87. The molecule has 0 saturated heterocycles. The summed E-state index contributed by atoms with van der Waals surface area (Å²) in [4.78, 5) is 43.7. The number of carbonyl (C=O) groups excluding carboxylic acids is 1. The van der Waals surface area contributed by atoms with Crippen LogP contribution in [0.1, 0.15) is 21.6 Å². The molecule has 6 rings (SSSR count). The van der Waals surface area contributed by atoms with Gasteiger partial charge in [0.1, 0.15) is 17.3 Å². The molecular weight excluding hydrogens is 587 g/mol. The predicted molar refractivity (Wildman–Crippen MR) is 159 cm³/mol. The van der Waals surface area contributed by atoms with Gasteiger partial charge in [0.25, 0.3) is 5.56 Å². The first-order valence-electron chi connectivity index (χ1n) is 12.5. The Hall–Kier alpha value is -4.75. The van der Waals surface area contributed by atoms with E-state index in [2.05, 4.69) is 15.2 Å². The van der Waals surface area contributed by atoms with Crippen LogP contribution in [-0.2, 0) is 16.4 Å². The number of halogens is 2. The number of para-hydroxylation sites is 1. The van der Waals surface area contributed by atoms with Gasteiger partial charge in [0.2, 0.25) is 0 Å². The summed E-state index contributed by atoms with van der Waals surface area (Å²) in [7, 11) is -3.87. The number of ketones is 1. The van der Waals surface area contributed by atoms with Crippen molar-refractivity contribution in [3.63, 3.8) is 0 Å². The molecule has 3 heterocycles. The van der Waals surface area contributed by atoms with Crippen molar-refractivity contribution in [3.8, 4) is 5.69 Å². The van der Waals surface area contributed by atoms with Crippen molar-refractivity contribution in [2.75, 3.05) is 17.7 Å². The summed E-state index contributed by atoms with van der Waals surface area (Å²) in [5.74, 6) is -2.25. The Morgan fingerprint density at radius 1 is 1.07 bits per heavy atom. The molecule has 0 amide bonds. The highest BCUT2D eigenvalue weighted by Gasteiger charge is 2.29. The standard InChI is InChI=1S/C28H22ClFN6O5S/c1-13-7-17-22(10-19(13)30)35(11-14-8-16-21(9-18(14)29)33-34-26(16)31)25(23(37)12-42(2,40)41)24(17)36-27(38)15-5-3-4-6-20(15)32-28(36)39/h3-10H,11-12H2,1-2H3,(H,32,39)(H3,31,33,34). The first-order chi connectivity index (χ1) is 19.8. The maximum absolute atomic E-state index is 15.1. The molecule has 11 nitrogen and oxygen atoms in total. The summed E-state index contributed by atoms with van der Waals surface area (Å²) in [6.45, 7) is 1.33. The van der Waals surface area contributed by atoms with Gasteiger partial charge in [-0.15, -0.1) is 0 Å². The number of nitrogens with two attached hydrogens (primary N) is 1. The van der Waals surface area contributed by atoms with Crippen LogP contribution in [-0.4, -0.2) is 50.5 Å². The highest BCUT2D eigenvalue weighted by Crippen LogP contribution is 2.34. The molecule has 0 aliphatic rings. The zero-order valence-corrected chi connectivity index (χ0v) is 23.7. The summed E-state index contributed by atoms with van der Waals surface area (Å²) in [6.07, 6.45) is 0.892. The molecule has 3 aromatic heterocycles. The van der Waals surface area contributed by atoms with Gasteiger partial charge in [-0.2, -0.15) is 5.10 Å². The minimum absolute atomic E-state index is 0.140. The molecule has 42 heavy (non-hydrogen) atoms. The van der Waals surface area contributed by atoms with E-state index in [0.29, 0.717) is 16.5 Å². The molecule has 0 spiro atoms. The number of Topliss-reactive ketones (excluding diaryl/α,β-unsaturated/α-hetero) is 1. The molecule has 0 aliphatic carbocycles. The maximum atomic E-state index is 15.1. The van der Waals surface area contributed by atoms with Crippen LogP contribution in [0.3, 0.4) is 0 Å². The molecule has 0 bridgehead atoms. The molecule has 6 aromatic rings. The van der Waals surface area contributed by atoms with E-state index < -0.39 is 38.4 Å². The van der Waals surface area contributed by atoms with Crippen molar-refractivity contribution in [1.29, 1.82) is 0 Å². The zero-order valence-electron chi connectivity index (χ0n) is 22.2. The second-order valence-corrected chi connectivity index (χ2v) is 12.7. The van der Waals surface area contributed by atoms with Gasteiger partial charge in [-0.25, -0.2) is 22.2 Å². The third-order valence-corrected chi connectivity index (χ3v) is 8.23. The first-order valence-corrected chi connectivity index (χ1v) is 15.0. The smallest absolute Gasteiger partial charge is 0.333 e. The maximum Gasteiger partial charge on any atom is 0.333 e. The van der Waals surface area contributed by atoms with Gasteiger partial charge in [-0.1, -0.05) is 23.7 Å². The van der Waals surface area contributed by atoms with E-state index in [0.717, 1.165) is 10.8 Å². The monoisotopic (exact) mass is 608 g/mol. The number of aromatic nitrogens is 5. The lowest BCUT2D eigenvalue weighted by Crippen LogP contribution is -2.35. The average molecular weight is 609 g/mol. The van der Waals surface area contributed by atoms with Gasteiger partial charge >= 0.3 is 5.69 Å². The lowest BCUT2D eigenvalue weighted by atomic mass is 10.1. The molecule has 0 saturated carbocycles. The van der Waals surface area contributed by atoms with Crippen molar-refractivity contribution < 1.29 is 17.6 Å². The molecule has 4 N–H and O–H groups in total. The SMILES string of the molecule is Cc1cc2c(-n3c(=O)[nH]c4ccccc4c3=O)c(C(=O)CS(C)(=O)=O)n(Cc3cc4c(N)n[nH]c4cc3Cl)c2cc1F. The molecule has 0 unspecified atom stereocenters. The lowest BCUT2D eigenvalue weighted by molar-refractivity contribution is 0.101. The van der Waals surface area contributed by atoms with Gasteiger partial charge in [0.05, 0.1) is 27.6 Å². The predicted octanol–water partition coefficient (Wildman–Crippen LogP) is 3.47. The number of H-pyrrole nitrogens is 2. The van der Waals surface area contributed by atoms with Gasteiger partial charge in [0.15, 0.2) is 21.4 Å². The van der Waals surface area contributed by atoms with Gasteiger partial charge in [0, 0.05) is 28.6 Å². The van der Waals surface area contributed by atoms with Crippen LogP contribution in [0, 0.1) is 12.7 Å². The fourth-order valence-corrected chi connectivity index (χ4v) is 6.04. The third-order valence-electron chi connectivity index (χ3n) is 7.09. The molecule has 0 radical (unpaired) electrons. The van der Waals surface area contributed by atoms with Crippen molar-refractivity contribution in [2.45, 2.75) is 13.5 Å². The Balaban J connectivity index is 1.75. The summed E-state index contributed by atoms with van der Waals surface area (Å²) >= 11 is 6.58. The molecular formula is C28H22ClFN6O5S. The van der Waals surface area contributed by atoms with Crippen LogP contribution in [0.4, 0.5) is 10.2 Å². The Kier molecular flexibility index (Phi) is 6.31. The Morgan fingerprint density at radius 2 is 1.81 bits per heavy atom. The minimum Gasteiger partial charge on any atom is -0.382 e. The van der Waals surface area contributed by atoms with Crippen molar-refractivity contribution in [3.05, 3.63) is 97.0 Å². The number of nitrogens with zero attached hydrogens (tertiary/aromatic N) is 3. The second kappa shape index (κ2) is 9.67.